The highest BCUT2D eigenvalue weighted by Crippen LogP contribution is 2.17. The zero-order chi connectivity index (χ0) is 12.7. The molecule has 6 heteroatoms. The third kappa shape index (κ3) is 4.91. The van der Waals surface area contributed by atoms with Gasteiger partial charge in [0.15, 0.2) is 0 Å². The van der Waals surface area contributed by atoms with Crippen molar-refractivity contribution in [1.29, 1.82) is 0 Å². The van der Waals surface area contributed by atoms with E-state index in [-0.39, 0.29) is 11.9 Å². The zero-order valence-electron chi connectivity index (χ0n) is 10.8. The van der Waals surface area contributed by atoms with Gasteiger partial charge < -0.3 is 10.1 Å². The van der Waals surface area contributed by atoms with E-state index in [1.54, 1.807) is 4.31 Å². The van der Waals surface area contributed by atoms with Gasteiger partial charge in [-0.15, -0.1) is 0 Å². The predicted molar refractivity (Wildman–Crippen MR) is 68.6 cm³/mol. The molecule has 0 bridgehead atoms. The molecule has 1 aliphatic heterocycles. The number of ether oxygens (including phenoxy) is 1. The minimum Gasteiger partial charge on any atom is -0.377 e. The molecule has 5 nitrogen and oxygen atoms in total. The summed E-state index contributed by atoms with van der Waals surface area (Å²) in [5.74, 6) is 0.229. The molecule has 1 fully saturated rings. The molecule has 0 radical (unpaired) electrons. The van der Waals surface area contributed by atoms with Gasteiger partial charge in [0.2, 0.25) is 10.0 Å². The van der Waals surface area contributed by atoms with Crippen LogP contribution in [0.5, 0.6) is 0 Å². The Morgan fingerprint density at radius 2 is 2.24 bits per heavy atom. The SMILES string of the molecule is CCOC1CCCN(S(=O)(=O)CCCNC)C1. The first-order chi connectivity index (χ1) is 8.10. The van der Waals surface area contributed by atoms with Gasteiger partial charge in [0, 0.05) is 19.7 Å². The topological polar surface area (TPSA) is 58.6 Å². The average molecular weight is 264 g/mol. The summed E-state index contributed by atoms with van der Waals surface area (Å²) in [5.41, 5.74) is 0. The zero-order valence-corrected chi connectivity index (χ0v) is 11.6. The molecule has 0 spiro atoms. The second kappa shape index (κ2) is 7.31. The Bertz CT molecular complexity index is 304. The van der Waals surface area contributed by atoms with Gasteiger partial charge in [0.25, 0.3) is 0 Å². The number of nitrogens with one attached hydrogen (secondary N) is 1. The van der Waals surface area contributed by atoms with Crippen LogP contribution in [0.25, 0.3) is 0 Å². The normalized spacial score (nSPS) is 22.8. The van der Waals surface area contributed by atoms with Crippen molar-refractivity contribution in [1.82, 2.24) is 9.62 Å². The number of hydrogen-bond donors (Lipinski definition) is 1. The molecule has 102 valence electrons. The van der Waals surface area contributed by atoms with E-state index in [0.717, 1.165) is 19.4 Å². The first-order valence-electron chi connectivity index (χ1n) is 6.34. The Morgan fingerprint density at radius 3 is 2.88 bits per heavy atom. The summed E-state index contributed by atoms with van der Waals surface area (Å²) in [6.45, 7) is 4.50. The fourth-order valence-electron chi connectivity index (χ4n) is 2.09. The molecule has 0 amide bonds. The van der Waals surface area contributed by atoms with E-state index in [4.69, 9.17) is 4.74 Å². The van der Waals surface area contributed by atoms with Crippen LogP contribution in [-0.2, 0) is 14.8 Å². The van der Waals surface area contributed by atoms with E-state index in [1.807, 2.05) is 14.0 Å². The van der Waals surface area contributed by atoms with Crippen LogP contribution in [-0.4, -0.2) is 57.9 Å². The molecule has 1 N–H and O–H groups in total. The Morgan fingerprint density at radius 1 is 1.47 bits per heavy atom. The van der Waals surface area contributed by atoms with Crippen LogP contribution in [0.4, 0.5) is 0 Å². The molecule has 1 aliphatic rings. The third-order valence-electron chi connectivity index (χ3n) is 2.97. The van der Waals surface area contributed by atoms with Gasteiger partial charge in [-0.1, -0.05) is 0 Å². The van der Waals surface area contributed by atoms with Crippen molar-refractivity contribution >= 4 is 10.0 Å². The van der Waals surface area contributed by atoms with Crippen molar-refractivity contribution in [2.24, 2.45) is 0 Å². The molecule has 0 aliphatic carbocycles. The van der Waals surface area contributed by atoms with Crippen LogP contribution in [0.15, 0.2) is 0 Å². The minimum atomic E-state index is -3.09. The van der Waals surface area contributed by atoms with Crippen LogP contribution in [0.2, 0.25) is 0 Å². The van der Waals surface area contributed by atoms with Gasteiger partial charge in [0.05, 0.1) is 11.9 Å². The number of nitrogens with zero attached hydrogens (tertiary/aromatic N) is 1. The lowest BCUT2D eigenvalue weighted by Crippen LogP contribution is -2.44. The van der Waals surface area contributed by atoms with E-state index in [9.17, 15) is 8.42 Å². The van der Waals surface area contributed by atoms with Crippen LogP contribution in [0, 0.1) is 0 Å². The highest BCUT2D eigenvalue weighted by atomic mass is 32.2. The van der Waals surface area contributed by atoms with Crippen molar-refractivity contribution in [3.8, 4) is 0 Å². The Labute approximate surface area is 105 Å². The van der Waals surface area contributed by atoms with Crippen LogP contribution in [0.3, 0.4) is 0 Å². The third-order valence-corrected chi connectivity index (χ3v) is 4.89. The summed E-state index contributed by atoms with van der Waals surface area (Å²) >= 11 is 0. The molecule has 0 aromatic rings. The largest absolute Gasteiger partial charge is 0.377 e. The highest BCUT2D eigenvalue weighted by molar-refractivity contribution is 7.89. The molecule has 0 aromatic heterocycles. The van der Waals surface area contributed by atoms with Crippen molar-refractivity contribution < 1.29 is 13.2 Å². The number of hydrogen-bond acceptors (Lipinski definition) is 4. The molecule has 0 saturated carbocycles. The number of piperidine rings is 1. The van der Waals surface area contributed by atoms with Crippen molar-refractivity contribution in [3.05, 3.63) is 0 Å². The molecule has 1 unspecified atom stereocenters. The van der Waals surface area contributed by atoms with Gasteiger partial charge in [-0.3, -0.25) is 0 Å². The fraction of sp³-hybridized carbons (Fsp3) is 1.00. The second-order valence-electron chi connectivity index (χ2n) is 4.35. The molecule has 0 aromatic carbocycles. The molecule has 1 atom stereocenters. The summed E-state index contributed by atoms with van der Waals surface area (Å²) < 4.78 is 31.2. The maximum absolute atomic E-state index is 12.1. The maximum Gasteiger partial charge on any atom is 0.214 e. The molecular weight excluding hydrogens is 240 g/mol. The Hall–Kier alpha value is -0.170. The second-order valence-corrected chi connectivity index (χ2v) is 6.44. The predicted octanol–water partition coefficient (Wildman–Crippen LogP) is 0.427. The standard InChI is InChI=1S/C11H24N2O3S/c1-3-16-11-6-4-8-13(10-11)17(14,15)9-5-7-12-2/h11-12H,3-10H2,1-2H3. The monoisotopic (exact) mass is 264 g/mol. The number of sulfonamides is 1. The minimum absolute atomic E-state index is 0.0767. The van der Waals surface area contributed by atoms with Crippen LogP contribution >= 0.6 is 0 Å². The van der Waals surface area contributed by atoms with Gasteiger partial charge in [-0.05, 0) is 39.8 Å². The van der Waals surface area contributed by atoms with Gasteiger partial charge in [-0.25, -0.2) is 8.42 Å². The highest BCUT2D eigenvalue weighted by Gasteiger charge is 2.28. The molecule has 1 heterocycles. The van der Waals surface area contributed by atoms with Gasteiger partial charge in [0.1, 0.15) is 0 Å². The quantitative estimate of drug-likeness (QED) is 0.677. The van der Waals surface area contributed by atoms with Crippen LogP contribution < -0.4 is 5.32 Å². The molecule has 17 heavy (non-hydrogen) atoms. The smallest absolute Gasteiger partial charge is 0.214 e. The number of rotatable bonds is 7. The Kier molecular flexibility index (Phi) is 6.40. The fourth-order valence-corrected chi connectivity index (χ4v) is 3.66. The summed E-state index contributed by atoms with van der Waals surface area (Å²) in [6.07, 6.45) is 2.61. The van der Waals surface area contributed by atoms with Crippen molar-refractivity contribution in [2.45, 2.75) is 32.3 Å². The first-order valence-corrected chi connectivity index (χ1v) is 7.95. The average Bonchev–Trinajstić information content (AvgIpc) is 2.30. The van der Waals surface area contributed by atoms with Crippen molar-refractivity contribution in [2.75, 3.05) is 39.0 Å². The van der Waals surface area contributed by atoms with E-state index in [1.165, 1.54) is 0 Å². The van der Waals surface area contributed by atoms with Crippen LogP contribution in [0.1, 0.15) is 26.2 Å². The lowest BCUT2D eigenvalue weighted by Gasteiger charge is -2.31. The Balaban J connectivity index is 2.46. The maximum atomic E-state index is 12.1. The van der Waals surface area contributed by atoms with E-state index < -0.39 is 10.0 Å². The first kappa shape index (κ1) is 14.9. The molecular formula is C11H24N2O3S. The van der Waals surface area contributed by atoms with Crippen molar-refractivity contribution in [3.63, 3.8) is 0 Å². The lowest BCUT2D eigenvalue weighted by atomic mass is 10.1. The summed E-state index contributed by atoms with van der Waals surface area (Å²) in [6, 6.07) is 0. The molecule has 1 rings (SSSR count). The molecule has 1 saturated heterocycles. The van der Waals surface area contributed by atoms with Gasteiger partial charge in [-0.2, -0.15) is 4.31 Å². The summed E-state index contributed by atoms with van der Waals surface area (Å²) in [4.78, 5) is 0. The van der Waals surface area contributed by atoms with E-state index in [2.05, 4.69) is 5.32 Å². The summed E-state index contributed by atoms with van der Waals surface area (Å²) in [7, 11) is -1.26. The van der Waals surface area contributed by atoms with E-state index >= 15 is 0 Å². The lowest BCUT2D eigenvalue weighted by molar-refractivity contribution is 0.0265. The van der Waals surface area contributed by atoms with E-state index in [0.29, 0.717) is 26.1 Å². The van der Waals surface area contributed by atoms with Gasteiger partial charge >= 0.3 is 0 Å². The summed E-state index contributed by atoms with van der Waals surface area (Å²) in [5, 5.41) is 2.96.